The molecule has 0 radical (unpaired) electrons. The van der Waals surface area contributed by atoms with Crippen molar-refractivity contribution >= 4 is 0 Å². The summed E-state index contributed by atoms with van der Waals surface area (Å²) in [4.78, 5) is 4.52. The van der Waals surface area contributed by atoms with Crippen molar-refractivity contribution in [3.05, 3.63) is 17.7 Å². The number of nitrogens with zero attached hydrogens (tertiary/aromatic N) is 2. The van der Waals surface area contributed by atoms with E-state index in [1.807, 2.05) is 6.33 Å². The van der Waals surface area contributed by atoms with Crippen LogP contribution in [0.5, 0.6) is 0 Å². The molecule has 0 spiro atoms. The number of aromatic nitrogens is 2. The van der Waals surface area contributed by atoms with Gasteiger partial charge < -0.3 is 9.88 Å². The zero-order valence-electron chi connectivity index (χ0n) is 9.79. The van der Waals surface area contributed by atoms with Gasteiger partial charge in [-0.25, -0.2) is 4.98 Å². The van der Waals surface area contributed by atoms with E-state index in [1.165, 1.54) is 30.7 Å². The Hall–Kier alpha value is -0.830. The SMILES string of the molecule is CCCc1ncn(C)c1C1CCNCC1. The summed E-state index contributed by atoms with van der Waals surface area (Å²) in [6.07, 6.45) is 6.81. The molecular weight excluding hydrogens is 186 g/mol. The van der Waals surface area contributed by atoms with Gasteiger partial charge in [0.1, 0.15) is 0 Å². The van der Waals surface area contributed by atoms with Crippen molar-refractivity contribution in [1.29, 1.82) is 0 Å². The van der Waals surface area contributed by atoms with E-state index < -0.39 is 0 Å². The van der Waals surface area contributed by atoms with Crippen LogP contribution in [0.25, 0.3) is 0 Å². The first-order chi connectivity index (χ1) is 7.33. The van der Waals surface area contributed by atoms with Gasteiger partial charge in [0.15, 0.2) is 0 Å². The highest BCUT2D eigenvalue weighted by molar-refractivity contribution is 5.19. The van der Waals surface area contributed by atoms with Gasteiger partial charge in [0.05, 0.1) is 12.0 Å². The minimum atomic E-state index is 0.722. The first-order valence-corrected chi connectivity index (χ1v) is 6.03. The molecular formula is C12H21N3. The predicted molar refractivity (Wildman–Crippen MR) is 62.0 cm³/mol. The zero-order chi connectivity index (χ0) is 10.7. The molecule has 1 aliphatic rings. The molecule has 0 aromatic carbocycles. The van der Waals surface area contributed by atoms with Crippen LogP contribution in [0.4, 0.5) is 0 Å². The average Bonchev–Trinajstić information content (AvgIpc) is 2.62. The van der Waals surface area contributed by atoms with Gasteiger partial charge in [-0.3, -0.25) is 0 Å². The highest BCUT2D eigenvalue weighted by atomic mass is 15.0. The largest absolute Gasteiger partial charge is 0.337 e. The fourth-order valence-electron chi connectivity index (χ4n) is 2.54. The second-order valence-corrected chi connectivity index (χ2v) is 4.46. The Labute approximate surface area is 91.9 Å². The first kappa shape index (κ1) is 10.7. The lowest BCUT2D eigenvalue weighted by Crippen LogP contribution is -2.28. The lowest BCUT2D eigenvalue weighted by Gasteiger charge is -2.24. The van der Waals surface area contributed by atoms with Gasteiger partial charge >= 0.3 is 0 Å². The number of piperidine rings is 1. The number of aryl methyl sites for hydroxylation is 2. The third kappa shape index (κ3) is 2.23. The minimum Gasteiger partial charge on any atom is -0.337 e. The molecule has 0 unspecified atom stereocenters. The van der Waals surface area contributed by atoms with Crippen LogP contribution in [0.2, 0.25) is 0 Å². The monoisotopic (exact) mass is 207 g/mol. The summed E-state index contributed by atoms with van der Waals surface area (Å²) < 4.78 is 2.22. The van der Waals surface area contributed by atoms with Crippen LogP contribution in [0.15, 0.2) is 6.33 Å². The fraction of sp³-hybridized carbons (Fsp3) is 0.750. The molecule has 3 nitrogen and oxygen atoms in total. The molecule has 1 aromatic heterocycles. The van der Waals surface area contributed by atoms with Crippen LogP contribution in [-0.4, -0.2) is 22.6 Å². The maximum atomic E-state index is 4.52. The van der Waals surface area contributed by atoms with Crippen molar-refractivity contribution in [1.82, 2.24) is 14.9 Å². The summed E-state index contributed by atoms with van der Waals surface area (Å²) >= 11 is 0. The third-order valence-electron chi connectivity index (χ3n) is 3.28. The molecule has 3 heteroatoms. The molecule has 0 atom stereocenters. The highest BCUT2D eigenvalue weighted by Gasteiger charge is 2.21. The predicted octanol–water partition coefficient (Wildman–Crippen LogP) is 1.84. The molecule has 1 fully saturated rings. The summed E-state index contributed by atoms with van der Waals surface area (Å²) in [6.45, 7) is 4.53. The van der Waals surface area contributed by atoms with Crippen molar-refractivity contribution in [3.8, 4) is 0 Å². The van der Waals surface area contributed by atoms with Gasteiger partial charge in [0.25, 0.3) is 0 Å². The molecule has 15 heavy (non-hydrogen) atoms. The molecule has 0 aliphatic carbocycles. The van der Waals surface area contributed by atoms with E-state index in [0.717, 1.165) is 25.4 Å². The van der Waals surface area contributed by atoms with E-state index in [1.54, 1.807) is 0 Å². The van der Waals surface area contributed by atoms with Crippen molar-refractivity contribution in [2.24, 2.45) is 7.05 Å². The summed E-state index contributed by atoms with van der Waals surface area (Å²) in [7, 11) is 2.13. The maximum Gasteiger partial charge on any atom is 0.0949 e. The van der Waals surface area contributed by atoms with Gasteiger partial charge in [-0.05, 0) is 32.4 Å². The number of rotatable bonds is 3. The van der Waals surface area contributed by atoms with Crippen molar-refractivity contribution < 1.29 is 0 Å². The van der Waals surface area contributed by atoms with E-state index in [9.17, 15) is 0 Å². The second-order valence-electron chi connectivity index (χ2n) is 4.46. The van der Waals surface area contributed by atoms with E-state index in [-0.39, 0.29) is 0 Å². The Morgan fingerprint density at radius 3 is 2.87 bits per heavy atom. The standard InChI is InChI=1S/C12H21N3/c1-3-4-11-12(15(2)9-14-11)10-5-7-13-8-6-10/h9-10,13H,3-8H2,1-2H3. The number of nitrogens with one attached hydrogen (secondary N) is 1. The summed E-state index contributed by atoms with van der Waals surface area (Å²) in [5, 5.41) is 3.42. The van der Waals surface area contributed by atoms with E-state index in [2.05, 4.69) is 28.8 Å². The summed E-state index contributed by atoms with van der Waals surface area (Å²) in [5.41, 5.74) is 2.81. The zero-order valence-corrected chi connectivity index (χ0v) is 9.79. The molecule has 2 rings (SSSR count). The third-order valence-corrected chi connectivity index (χ3v) is 3.28. The van der Waals surface area contributed by atoms with Crippen LogP contribution in [0.1, 0.15) is 43.5 Å². The lowest BCUT2D eigenvalue weighted by molar-refractivity contribution is 0.442. The van der Waals surface area contributed by atoms with E-state index in [4.69, 9.17) is 0 Å². The minimum absolute atomic E-state index is 0.722. The lowest BCUT2D eigenvalue weighted by atomic mass is 9.92. The smallest absolute Gasteiger partial charge is 0.0949 e. The molecule has 1 aliphatic heterocycles. The van der Waals surface area contributed by atoms with Gasteiger partial charge in [-0.15, -0.1) is 0 Å². The van der Waals surface area contributed by atoms with Crippen molar-refractivity contribution in [3.63, 3.8) is 0 Å². The Balaban J connectivity index is 2.19. The molecule has 84 valence electrons. The van der Waals surface area contributed by atoms with Crippen LogP contribution in [0.3, 0.4) is 0 Å². The van der Waals surface area contributed by atoms with Crippen LogP contribution >= 0.6 is 0 Å². The molecule has 1 N–H and O–H groups in total. The summed E-state index contributed by atoms with van der Waals surface area (Å²) in [6, 6.07) is 0. The summed E-state index contributed by atoms with van der Waals surface area (Å²) in [5.74, 6) is 0.722. The second kappa shape index (κ2) is 4.79. The van der Waals surface area contributed by atoms with E-state index >= 15 is 0 Å². The topological polar surface area (TPSA) is 29.9 Å². The van der Waals surface area contributed by atoms with Gasteiger partial charge in [-0.2, -0.15) is 0 Å². The van der Waals surface area contributed by atoms with Crippen molar-refractivity contribution in [2.75, 3.05) is 13.1 Å². The van der Waals surface area contributed by atoms with Gasteiger partial charge in [-0.1, -0.05) is 13.3 Å². The first-order valence-electron chi connectivity index (χ1n) is 6.03. The fourth-order valence-corrected chi connectivity index (χ4v) is 2.54. The number of hydrogen-bond donors (Lipinski definition) is 1. The molecule has 1 saturated heterocycles. The Morgan fingerprint density at radius 1 is 1.47 bits per heavy atom. The Bertz CT molecular complexity index is 311. The van der Waals surface area contributed by atoms with Crippen molar-refractivity contribution in [2.45, 2.75) is 38.5 Å². The Morgan fingerprint density at radius 2 is 2.20 bits per heavy atom. The normalized spacial score (nSPS) is 18.3. The van der Waals surface area contributed by atoms with Crippen LogP contribution < -0.4 is 5.32 Å². The molecule has 1 aromatic rings. The van der Waals surface area contributed by atoms with Gasteiger partial charge in [0.2, 0.25) is 0 Å². The van der Waals surface area contributed by atoms with Crippen LogP contribution in [0, 0.1) is 0 Å². The Kier molecular flexibility index (Phi) is 3.41. The maximum absolute atomic E-state index is 4.52. The number of hydrogen-bond acceptors (Lipinski definition) is 2. The average molecular weight is 207 g/mol. The molecule has 0 saturated carbocycles. The number of imidazole rings is 1. The molecule has 0 amide bonds. The molecule has 2 heterocycles. The molecule has 0 bridgehead atoms. The highest BCUT2D eigenvalue weighted by Crippen LogP contribution is 2.27. The van der Waals surface area contributed by atoms with E-state index in [0.29, 0.717) is 0 Å². The van der Waals surface area contributed by atoms with Crippen LogP contribution in [-0.2, 0) is 13.5 Å². The quantitative estimate of drug-likeness (QED) is 0.819. The van der Waals surface area contributed by atoms with Gasteiger partial charge in [0, 0.05) is 18.7 Å².